The lowest BCUT2D eigenvalue weighted by atomic mass is 10.1. The van der Waals surface area contributed by atoms with Crippen LogP contribution in [0, 0.1) is 5.82 Å². The van der Waals surface area contributed by atoms with Gasteiger partial charge >= 0.3 is 6.18 Å². The topological polar surface area (TPSA) is 108 Å². The summed E-state index contributed by atoms with van der Waals surface area (Å²) in [6, 6.07) is 5.13. The molecule has 180 valence electrons. The molecule has 2 aromatic rings. The van der Waals surface area contributed by atoms with E-state index in [0.717, 1.165) is 10.4 Å². The van der Waals surface area contributed by atoms with Crippen LogP contribution >= 0.6 is 0 Å². The molecular weight excluding hydrogens is 470 g/mol. The van der Waals surface area contributed by atoms with Crippen LogP contribution in [0.4, 0.5) is 17.6 Å². The molecule has 0 aromatic heterocycles. The third-order valence-electron chi connectivity index (χ3n) is 5.16. The minimum absolute atomic E-state index is 0.0250. The monoisotopic (exact) mass is 491 g/mol. The molecule has 2 atom stereocenters. The third kappa shape index (κ3) is 5.43. The molecule has 0 bridgehead atoms. The number of benzene rings is 2. The number of hydrogen-bond donors (Lipinski definition) is 3. The van der Waals surface area contributed by atoms with Gasteiger partial charge in [0.15, 0.2) is 0 Å². The maximum atomic E-state index is 13.4. The molecule has 13 heteroatoms. The number of amides is 1. The summed E-state index contributed by atoms with van der Waals surface area (Å²) in [7, 11) is -4.15. The first kappa shape index (κ1) is 24.9. The Bertz CT molecular complexity index is 1110. The average molecular weight is 491 g/mol. The number of hydroxylamine groups is 1. The number of sulfonamides is 1. The first-order valence-electron chi connectivity index (χ1n) is 9.73. The number of piperazine rings is 1. The number of ether oxygens (including phenoxy) is 1. The zero-order chi connectivity index (χ0) is 24.4. The van der Waals surface area contributed by atoms with E-state index in [9.17, 15) is 30.8 Å². The highest BCUT2D eigenvalue weighted by atomic mass is 32.2. The Morgan fingerprint density at radius 3 is 2.52 bits per heavy atom. The molecule has 0 saturated carbocycles. The number of halogens is 4. The van der Waals surface area contributed by atoms with Crippen molar-refractivity contribution in [3.63, 3.8) is 0 Å². The summed E-state index contributed by atoms with van der Waals surface area (Å²) in [4.78, 5) is 11.8. The van der Waals surface area contributed by atoms with Crippen LogP contribution in [0.3, 0.4) is 0 Å². The standard InChI is InChI=1S/C20H21F4N3O5S/c1-12-18(19(28)26-29)27(9-8-25-12)33(30,31)16-5-3-15(4-6-16)32-11-13-10-14(21)2-7-17(13)20(22,23)24/h2-7,10,12,18,25,29H,8-9,11H2,1H3,(H,26,28). The Labute approximate surface area is 187 Å². The SMILES string of the molecule is CC1NCCN(S(=O)(=O)c2ccc(OCc3cc(F)ccc3C(F)(F)F)cc2)C1C(=O)NO. The van der Waals surface area contributed by atoms with Gasteiger partial charge in [-0.15, -0.1) is 0 Å². The van der Waals surface area contributed by atoms with Crippen molar-refractivity contribution < 1.29 is 40.7 Å². The van der Waals surface area contributed by atoms with Crippen LogP contribution in [0.15, 0.2) is 47.4 Å². The summed E-state index contributed by atoms with van der Waals surface area (Å²) in [5.74, 6) is -1.69. The van der Waals surface area contributed by atoms with Crippen LogP contribution in [0.2, 0.25) is 0 Å². The van der Waals surface area contributed by atoms with Gasteiger partial charge in [0.25, 0.3) is 5.91 Å². The summed E-state index contributed by atoms with van der Waals surface area (Å²) >= 11 is 0. The highest BCUT2D eigenvalue weighted by Gasteiger charge is 2.41. The summed E-state index contributed by atoms with van der Waals surface area (Å²) < 4.78 is 85.2. The molecule has 8 nitrogen and oxygen atoms in total. The number of nitrogens with zero attached hydrogens (tertiary/aromatic N) is 1. The van der Waals surface area contributed by atoms with Gasteiger partial charge in [-0.1, -0.05) is 0 Å². The molecule has 1 aliphatic rings. The van der Waals surface area contributed by atoms with Crippen molar-refractivity contribution in [1.82, 2.24) is 15.1 Å². The lowest BCUT2D eigenvalue weighted by Gasteiger charge is -2.37. The first-order valence-corrected chi connectivity index (χ1v) is 11.2. The molecular formula is C20H21F4N3O5S. The normalized spacial score (nSPS) is 19.8. The number of hydrogen-bond acceptors (Lipinski definition) is 6. The van der Waals surface area contributed by atoms with Crippen molar-refractivity contribution in [2.75, 3.05) is 13.1 Å². The minimum Gasteiger partial charge on any atom is -0.489 e. The van der Waals surface area contributed by atoms with Crippen molar-refractivity contribution in [3.8, 4) is 5.75 Å². The molecule has 3 N–H and O–H groups in total. The maximum Gasteiger partial charge on any atom is 0.416 e. The second-order valence-corrected chi connectivity index (χ2v) is 9.23. The molecule has 1 saturated heterocycles. The maximum absolute atomic E-state index is 13.4. The van der Waals surface area contributed by atoms with E-state index in [2.05, 4.69) is 5.32 Å². The van der Waals surface area contributed by atoms with E-state index in [-0.39, 0.29) is 23.7 Å². The molecule has 1 aliphatic heterocycles. The number of alkyl halides is 3. The summed E-state index contributed by atoms with van der Waals surface area (Å²) in [6.45, 7) is 1.27. The predicted molar refractivity (Wildman–Crippen MR) is 107 cm³/mol. The lowest BCUT2D eigenvalue weighted by Crippen LogP contribution is -2.63. The van der Waals surface area contributed by atoms with Gasteiger partial charge in [-0.05, 0) is 49.4 Å². The fraction of sp³-hybridized carbons (Fsp3) is 0.350. The largest absolute Gasteiger partial charge is 0.489 e. The highest BCUT2D eigenvalue weighted by Crippen LogP contribution is 2.33. The number of carbonyl (C=O) groups excluding carboxylic acids is 1. The van der Waals surface area contributed by atoms with Gasteiger partial charge in [0.05, 0.1) is 10.5 Å². The van der Waals surface area contributed by atoms with Gasteiger partial charge in [-0.2, -0.15) is 17.5 Å². The van der Waals surface area contributed by atoms with Crippen LogP contribution in [0.5, 0.6) is 5.75 Å². The fourth-order valence-electron chi connectivity index (χ4n) is 3.56. The Morgan fingerprint density at radius 2 is 1.91 bits per heavy atom. The van der Waals surface area contributed by atoms with Crippen LogP contribution in [-0.2, 0) is 27.6 Å². The zero-order valence-electron chi connectivity index (χ0n) is 17.3. The molecule has 2 aromatic carbocycles. The fourth-order valence-corrected chi connectivity index (χ4v) is 5.22. The van der Waals surface area contributed by atoms with E-state index in [1.165, 1.54) is 29.7 Å². The van der Waals surface area contributed by atoms with Crippen molar-refractivity contribution in [2.24, 2.45) is 0 Å². The van der Waals surface area contributed by atoms with E-state index in [0.29, 0.717) is 12.1 Å². The van der Waals surface area contributed by atoms with Crippen LogP contribution in [-0.4, -0.2) is 49.0 Å². The molecule has 1 heterocycles. The quantitative estimate of drug-likeness (QED) is 0.325. The van der Waals surface area contributed by atoms with Gasteiger partial charge in [-0.25, -0.2) is 18.3 Å². The first-order chi connectivity index (χ1) is 15.4. The van der Waals surface area contributed by atoms with E-state index in [4.69, 9.17) is 9.94 Å². The van der Waals surface area contributed by atoms with E-state index >= 15 is 0 Å². The molecule has 2 unspecified atom stereocenters. The van der Waals surface area contributed by atoms with Gasteiger partial charge in [0, 0.05) is 24.7 Å². The Morgan fingerprint density at radius 1 is 1.24 bits per heavy atom. The van der Waals surface area contributed by atoms with Crippen molar-refractivity contribution in [1.29, 1.82) is 0 Å². The van der Waals surface area contributed by atoms with Crippen molar-refractivity contribution >= 4 is 15.9 Å². The number of carbonyl (C=O) groups is 1. The smallest absolute Gasteiger partial charge is 0.416 e. The molecule has 3 rings (SSSR count). The zero-order valence-corrected chi connectivity index (χ0v) is 18.1. The van der Waals surface area contributed by atoms with Crippen LogP contribution in [0.1, 0.15) is 18.1 Å². The van der Waals surface area contributed by atoms with Crippen molar-refractivity contribution in [2.45, 2.75) is 36.7 Å². The molecule has 0 aliphatic carbocycles. The third-order valence-corrected chi connectivity index (χ3v) is 7.05. The predicted octanol–water partition coefficient (Wildman–Crippen LogP) is 2.28. The molecule has 0 radical (unpaired) electrons. The molecule has 0 spiro atoms. The minimum atomic E-state index is -4.69. The average Bonchev–Trinajstić information content (AvgIpc) is 2.76. The summed E-state index contributed by atoms with van der Waals surface area (Å²) in [5.41, 5.74) is 0.0191. The Balaban J connectivity index is 1.79. The van der Waals surface area contributed by atoms with Gasteiger partial charge in [0.2, 0.25) is 10.0 Å². The summed E-state index contributed by atoms with van der Waals surface area (Å²) in [6.07, 6.45) is -4.69. The van der Waals surface area contributed by atoms with Gasteiger partial charge in [0.1, 0.15) is 24.2 Å². The second kappa shape index (κ2) is 9.63. The van der Waals surface area contributed by atoms with Gasteiger partial charge < -0.3 is 10.1 Å². The second-order valence-electron chi connectivity index (χ2n) is 7.34. The molecule has 1 amide bonds. The molecule has 33 heavy (non-hydrogen) atoms. The Kier molecular flexibility index (Phi) is 7.26. The Hall–Kier alpha value is -2.74. The summed E-state index contributed by atoms with van der Waals surface area (Å²) in [5, 5.41) is 11.9. The van der Waals surface area contributed by atoms with E-state index in [1.807, 2.05) is 0 Å². The molecule has 1 fully saturated rings. The van der Waals surface area contributed by atoms with Crippen LogP contribution < -0.4 is 15.5 Å². The number of rotatable bonds is 6. The van der Waals surface area contributed by atoms with Crippen LogP contribution in [0.25, 0.3) is 0 Å². The lowest BCUT2D eigenvalue weighted by molar-refractivity contribution is -0.138. The highest BCUT2D eigenvalue weighted by molar-refractivity contribution is 7.89. The van der Waals surface area contributed by atoms with Gasteiger partial charge in [-0.3, -0.25) is 10.0 Å². The van der Waals surface area contributed by atoms with E-state index in [1.54, 1.807) is 6.92 Å². The van der Waals surface area contributed by atoms with E-state index < -0.39 is 57.7 Å². The van der Waals surface area contributed by atoms with Crippen molar-refractivity contribution in [3.05, 3.63) is 59.4 Å². The number of nitrogens with one attached hydrogen (secondary N) is 2.